The molecule has 0 aliphatic rings. The Hall–Kier alpha value is -2.71. The van der Waals surface area contributed by atoms with Crippen molar-refractivity contribution < 1.29 is 38.2 Å². The first-order chi connectivity index (χ1) is 31.6. The van der Waals surface area contributed by atoms with Crippen molar-refractivity contribution in [2.45, 2.75) is 257 Å². The molecule has 0 spiro atoms. The summed E-state index contributed by atoms with van der Waals surface area (Å²) in [6.07, 6.45) is 58.6. The minimum absolute atomic E-state index is 0.0385. The highest BCUT2D eigenvalue weighted by Gasteiger charge is 2.25. The van der Waals surface area contributed by atoms with Crippen LogP contribution in [-0.2, 0) is 28.6 Å². The van der Waals surface area contributed by atoms with E-state index in [-0.39, 0.29) is 42.7 Å². The number of ether oxygens (including phenoxy) is 3. The Kier molecular flexibility index (Phi) is 45.8. The van der Waals surface area contributed by atoms with E-state index >= 15 is 0 Å². The molecule has 2 atom stereocenters. The summed E-state index contributed by atoms with van der Waals surface area (Å²) in [4.78, 5) is 37.1. The Morgan fingerprint density at radius 2 is 0.862 bits per heavy atom. The Bertz CT molecular complexity index is 1200. The van der Waals surface area contributed by atoms with Gasteiger partial charge in [0.1, 0.15) is 12.6 Å². The van der Waals surface area contributed by atoms with Gasteiger partial charge < -0.3 is 28.6 Å². The number of rotatable bonds is 49. The maximum Gasteiger partial charge on any atom is 0.306 e. The average Bonchev–Trinajstić information content (AvgIpc) is 3.27. The van der Waals surface area contributed by atoms with Crippen molar-refractivity contribution in [3.8, 4) is 0 Å². The van der Waals surface area contributed by atoms with Gasteiger partial charge in [0.2, 0.25) is 0 Å². The van der Waals surface area contributed by atoms with E-state index in [9.17, 15) is 19.5 Å². The third-order valence-electron chi connectivity index (χ3n) is 12.2. The van der Waals surface area contributed by atoms with E-state index in [2.05, 4.69) is 62.5 Å². The van der Waals surface area contributed by atoms with Gasteiger partial charge in [0.15, 0.2) is 6.10 Å². The molecule has 8 heteroatoms. The lowest BCUT2D eigenvalue weighted by atomic mass is 10.0. The molecule has 0 radical (unpaired) electrons. The molecule has 8 nitrogen and oxygen atoms in total. The first kappa shape index (κ1) is 62.3. The molecule has 0 amide bonds. The summed E-state index contributed by atoms with van der Waals surface area (Å²) in [6.45, 7) is 4.58. The fourth-order valence-corrected chi connectivity index (χ4v) is 8.02. The molecule has 0 aromatic rings. The van der Waals surface area contributed by atoms with Crippen LogP contribution in [0.5, 0.6) is 0 Å². The molecular formula is C57H103NO7. The molecule has 0 aliphatic carbocycles. The van der Waals surface area contributed by atoms with Gasteiger partial charge in [-0.05, 0) is 70.6 Å². The number of aliphatic carboxylic acids is 1. The Morgan fingerprint density at radius 3 is 1.29 bits per heavy atom. The number of carbonyl (C=O) groups excluding carboxylic acids is 3. The van der Waals surface area contributed by atoms with Gasteiger partial charge in [-0.2, -0.15) is 0 Å². The minimum atomic E-state index is -1.12. The van der Waals surface area contributed by atoms with E-state index < -0.39 is 18.1 Å². The first-order valence-corrected chi connectivity index (χ1v) is 27.2. The fourth-order valence-electron chi connectivity index (χ4n) is 8.02. The standard InChI is InChI=1S/C57H103NO7/c1-6-8-10-12-14-16-18-20-22-24-26-27-28-29-30-32-33-35-37-39-41-43-45-47-55(59)64-52-53(51-63-50-49-54(57(61)62)58(3,4)5)65-56(60)48-46-44-42-40-38-36-34-31-25-23-21-19-17-15-13-11-9-7-2/h8,10,14,16,20,22,31,34,53-54H,6-7,9,11-13,15,17-19,21,23-30,32-33,35-52H2,1-5H3/b10-8+,16-14+,22-20+,34-31+. The highest BCUT2D eigenvalue weighted by molar-refractivity contribution is 5.70. The summed E-state index contributed by atoms with van der Waals surface area (Å²) < 4.78 is 17.3. The second-order valence-corrected chi connectivity index (χ2v) is 19.4. The number of nitrogens with zero attached hydrogens (tertiary/aromatic N) is 1. The quantitative estimate of drug-likeness (QED) is 0.0259. The number of allylic oxidation sites excluding steroid dienone is 8. The molecule has 0 rings (SSSR count). The number of quaternary nitrogens is 1. The summed E-state index contributed by atoms with van der Waals surface area (Å²) in [5.74, 6) is -1.74. The fraction of sp³-hybridized carbons (Fsp3) is 0.807. The van der Waals surface area contributed by atoms with Crippen molar-refractivity contribution in [2.24, 2.45) is 0 Å². The van der Waals surface area contributed by atoms with Crippen molar-refractivity contribution in [2.75, 3.05) is 41.0 Å². The van der Waals surface area contributed by atoms with Crippen LogP contribution in [0.1, 0.15) is 245 Å². The van der Waals surface area contributed by atoms with Crippen molar-refractivity contribution in [1.82, 2.24) is 0 Å². The largest absolute Gasteiger partial charge is 0.544 e. The van der Waals surface area contributed by atoms with Crippen LogP contribution in [0.25, 0.3) is 0 Å². The molecule has 65 heavy (non-hydrogen) atoms. The topological polar surface area (TPSA) is 102 Å². The van der Waals surface area contributed by atoms with Crippen LogP contribution in [0.2, 0.25) is 0 Å². The van der Waals surface area contributed by atoms with Gasteiger partial charge in [-0.15, -0.1) is 0 Å². The van der Waals surface area contributed by atoms with Crippen molar-refractivity contribution in [3.05, 3.63) is 48.6 Å². The zero-order valence-corrected chi connectivity index (χ0v) is 43.2. The first-order valence-electron chi connectivity index (χ1n) is 27.2. The van der Waals surface area contributed by atoms with E-state index in [0.29, 0.717) is 12.8 Å². The van der Waals surface area contributed by atoms with E-state index in [4.69, 9.17) is 14.2 Å². The van der Waals surface area contributed by atoms with E-state index in [1.165, 1.54) is 141 Å². The molecule has 0 N–H and O–H groups in total. The second-order valence-electron chi connectivity index (χ2n) is 19.4. The number of esters is 2. The zero-order chi connectivity index (χ0) is 47.7. The molecule has 0 aromatic carbocycles. The van der Waals surface area contributed by atoms with Crippen LogP contribution >= 0.6 is 0 Å². The molecule has 0 heterocycles. The number of carboxylic acid groups (broad SMARTS) is 1. The number of hydrogen-bond acceptors (Lipinski definition) is 7. The molecule has 0 saturated carbocycles. The molecule has 0 bridgehead atoms. The molecule has 0 aliphatic heterocycles. The molecular weight excluding hydrogens is 811 g/mol. The van der Waals surface area contributed by atoms with Gasteiger partial charge in [-0.1, -0.05) is 204 Å². The van der Waals surface area contributed by atoms with Crippen LogP contribution in [-0.4, -0.2) is 75.5 Å². The second kappa shape index (κ2) is 47.8. The molecule has 0 saturated heterocycles. The lowest BCUT2D eigenvalue weighted by molar-refractivity contribution is -0.889. The number of carboxylic acids is 1. The Balaban J connectivity index is 4.19. The highest BCUT2D eigenvalue weighted by atomic mass is 16.6. The molecule has 0 fully saturated rings. The van der Waals surface area contributed by atoms with Crippen LogP contribution in [0.3, 0.4) is 0 Å². The van der Waals surface area contributed by atoms with Crippen LogP contribution in [0.15, 0.2) is 48.6 Å². The summed E-state index contributed by atoms with van der Waals surface area (Å²) in [5, 5.41) is 11.7. The van der Waals surface area contributed by atoms with Crippen molar-refractivity contribution in [3.63, 3.8) is 0 Å². The van der Waals surface area contributed by atoms with E-state index in [0.717, 1.165) is 70.6 Å². The predicted octanol–water partition coefficient (Wildman–Crippen LogP) is 14.6. The van der Waals surface area contributed by atoms with Crippen LogP contribution in [0.4, 0.5) is 0 Å². The highest BCUT2D eigenvalue weighted by Crippen LogP contribution is 2.16. The zero-order valence-electron chi connectivity index (χ0n) is 43.2. The summed E-state index contributed by atoms with van der Waals surface area (Å²) in [6, 6.07) is -0.728. The lowest BCUT2D eigenvalue weighted by Crippen LogP contribution is -2.55. The average molecular weight is 914 g/mol. The maximum atomic E-state index is 12.8. The summed E-state index contributed by atoms with van der Waals surface area (Å²) >= 11 is 0. The third kappa shape index (κ3) is 46.2. The SMILES string of the molecule is CC/C=C/C/C=C/C/C=C/CCCCCCCCCCCCCCCC(=O)OCC(COCCC(C(=O)[O-])[N+](C)(C)C)OC(=O)CCCCCCC/C=C/CCCCCCCCCCC. The van der Waals surface area contributed by atoms with Crippen molar-refractivity contribution >= 4 is 17.9 Å². The van der Waals surface area contributed by atoms with Gasteiger partial charge >= 0.3 is 11.9 Å². The van der Waals surface area contributed by atoms with Crippen LogP contribution < -0.4 is 5.11 Å². The lowest BCUT2D eigenvalue weighted by Gasteiger charge is -2.34. The van der Waals surface area contributed by atoms with Gasteiger partial charge in [0.25, 0.3) is 0 Å². The Morgan fingerprint density at radius 1 is 0.477 bits per heavy atom. The van der Waals surface area contributed by atoms with Gasteiger partial charge in [-0.25, -0.2) is 0 Å². The van der Waals surface area contributed by atoms with E-state index in [1.54, 1.807) is 21.1 Å². The molecule has 378 valence electrons. The smallest absolute Gasteiger partial charge is 0.306 e. The van der Waals surface area contributed by atoms with Crippen LogP contribution in [0, 0.1) is 0 Å². The van der Waals surface area contributed by atoms with Gasteiger partial charge in [-0.3, -0.25) is 9.59 Å². The molecule has 2 unspecified atom stereocenters. The normalized spacial score (nSPS) is 13.2. The van der Waals surface area contributed by atoms with E-state index in [1.807, 2.05) is 0 Å². The predicted molar refractivity (Wildman–Crippen MR) is 273 cm³/mol. The minimum Gasteiger partial charge on any atom is -0.544 e. The Labute approximate surface area is 401 Å². The summed E-state index contributed by atoms with van der Waals surface area (Å²) in [5.41, 5.74) is 0. The van der Waals surface area contributed by atoms with Gasteiger partial charge in [0.05, 0.1) is 40.3 Å². The maximum absolute atomic E-state index is 12.8. The monoisotopic (exact) mass is 914 g/mol. The number of unbranched alkanes of at least 4 members (excludes halogenated alkanes) is 27. The molecule has 0 aromatic heterocycles. The van der Waals surface area contributed by atoms with Crippen molar-refractivity contribution in [1.29, 1.82) is 0 Å². The summed E-state index contributed by atoms with van der Waals surface area (Å²) in [7, 11) is 5.42. The third-order valence-corrected chi connectivity index (χ3v) is 12.2. The number of hydrogen-bond donors (Lipinski definition) is 0. The number of carbonyl (C=O) groups is 3. The number of likely N-dealkylation sites (N-methyl/N-ethyl adjacent to an activating group) is 1. The van der Waals surface area contributed by atoms with Gasteiger partial charge in [0, 0.05) is 19.3 Å².